The molecule has 15 heavy (non-hydrogen) atoms. The third-order valence-corrected chi connectivity index (χ3v) is 3.00. The van der Waals surface area contributed by atoms with Crippen molar-refractivity contribution in [1.82, 2.24) is 10.6 Å². The number of carbonyl (C=O) groups is 1. The molecule has 0 bridgehead atoms. The van der Waals surface area contributed by atoms with Gasteiger partial charge in [-0.25, -0.2) is 0 Å². The van der Waals surface area contributed by atoms with Crippen LogP contribution in [-0.4, -0.2) is 36.8 Å². The van der Waals surface area contributed by atoms with Crippen LogP contribution in [0.2, 0.25) is 0 Å². The second-order valence-electron chi connectivity index (χ2n) is 4.58. The summed E-state index contributed by atoms with van der Waals surface area (Å²) < 4.78 is 0. The molecule has 2 atom stereocenters. The summed E-state index contributed by atoms with van der Waals surface area (Å²) in [6.45, 7) is 5.80. The van der Waals surface area contributed by atoms with Gasteiger partial charge in [-0.05, 0) is 25.3 Å². The van der Waals surface area contributed by atoms with E-state index in [9.17, 15) is 4.79 Å². The van der Waals surface area contributed by atoms with Crippen molar-refractivity contribution >= 4 is 5.91 Å². The van der Waals surface area contributed by atoms with Crippen LogP contribution >= 0.6 is 0 Å². The van der Waals surface area contributed by atoms with Crippen LogP contribution in [0, 0.1) is 11.8 Å². The number of hydrogen-bond acceptors (Lipinski definition) is 3. The monoisotopic (exact) mass is 214 g/mol. The van der Waals surface area contributed by atoms with E-state index in [1.165, 1.54) is 0 Å². The Kier molecular flexibility index (Phi) is 5.05. The highest BCUT2D eigenvalue weighted by Gasteiger charge is 2.23. The number of amides is 1. The van der Waals surface area contributed by atoms with Crippen molar-refractivity contribution in [2.24, 2.45) is 11.8 Å². The standard InChI is InChI=1S/C11H22N2O2/c1-8(2)10(7-14)13-11(15)9-4-3-5-12-6-9/h8-10,12,14H,3-7H2,1-2H3,(H,13,15)/t9-,10+/m0/s1. The Labute approximate surface area is 91.4 Å². The molecular weight excluding hydrogens is 192 g/mol. The van der Waals surface area contributed by atoms with Gasteiger partial charge in [0.2, 0.25) is 5.91 Å². The fraction of sp³-hybridized carbons (Fsp3) is 0.909. The Hall–Kier alpha value is -0.610. The molecule has 0 aromatic carbocycles. The van der Waals surface area contributed by atoms with Crippen LogP contribution in [0.15, 0.2) is 0 Å². The van der Waals surface area contributed by atoms with E-state index in [4.69, 9.17) is 5.11 Å². The first kappa shape index (κ1) is 12.5. The molecule has 1 aliphatic heterocycles. The van der Waals surface area contributed by atoms with Gasteiger partial charge in [0.25, 0.3) is 0 Å². The Morgan fingerprint density at radius 3 is 2.80 bits per heavy atom. The first-order valence-electron chi connectivity index (χ1n) is 5.77. The zero-order valence-electron chi connectivity index (χ0n) is 9.62. The number of piperidine rings is 1. The van der Waals surface area contributed by atoms with Crippen LogP contribution < -0.4 is 10.6 Å². The van der Waals surface area contributed by atoms with Gasteiger partial charge in [0, 0.05) is 6.54 Å². The highest BCUT2D eigenvalue weighted by molar-refractivity contribution is 5.79. The van der Waals surface area contributed by atoms with Crippen molar-refractivity contribution in [3.8, 4) is 0 Å². The summed E-state index contributed by atoms with van der Waals surface area (Å²) in [5.41, 5.74) is 0. The van der Waals surface area contributed by atoms with Crippen LogP contribution in [0.1, 0.15) is 26.7 Å². The number of nitrogens with one attached hydrogen (secondary N) is 2. The van der Waals surface area contributed by atoms with Crippen LogP contribution in [0.5, 0.6) is 0 Å². The molecule has 1 fully saturated rings. The Morgan fingerprint density at radius 2 is 2.33 bits per heavy atom. The maximum absolute atomic E-state index is 11.8. The summed E-state index contributed by atoms with van der Waals surface area (Å²) in [7, 11) is 0. The fourth-order valence-electron chi connectivity index (χ4n) is 1.80. The van der Waals surface area contributed by atoms with Gasteiger partial charge >= 0.3 is 0 Å². The average Bonchev–Trinajstić information content (AvgIpc) is 2.26. The molecule has 1 heterocycles. The number of hydrogen-bond donors (Lipinski definition) is 3. The molecule has 4 heteroatoms. The summed E-state index contributed by atoms with van der Waals surface area (Å²) >= 11 is 0. The number of aliphatic hydroxyl groups is 1. The first-order chi connectivity index (χ1) is 7.15. The molecule has 1 saturated heterocycles. The van der Waals surface area contributed by atoms with Gasteiger partial charge in [0.05, 0.1) is 18.6 Å². The lowest BCUT2D eigenvalue weighted by atomic mass is 9.97. The first-order valence-corrected chi connectivity index (χ1v) is 5.77. The van der Waals surface area contributed by atoms with E-state index in [1.54, 1.807) is 0 Å². The van der Waals surface area contributed by atoms with Crippen molar-refractivity contribution in [1.29, 1.82) is 0 Å². The maximum Gasteiger partial charge on any atom is 0.224 e. The fourth-order valence-corrected chi connectivity index (χ4v) is 1.80. The predicted octanol–water partition coefficient (Wildman–Crippen LogP) is 0.119. The molecule has 0 aromatic heterocycles. The summed E-state index contributed by atoms with van der Waals surface area (Å²) in [6.07, 6.45) is 2.01. The van der Waals surface area contributed by atoms with E-state index in [1.807, 2.05) is 13.8 Å². The Balaban J connectivity index is 2.38. The molecule has 0 saturated carbocycles. The molecule has 4 nitrogen and oxygen atoms in total. The van der Waals surface area contributed by atoms with Gasteiger partial charge in [-0.15, -0.1) is 0 Å². The second kappa shape index (κ2) is 6.08. The molecule has 0 spiro atoms. The Bertz CT molecular complexity index is 201. The smallest absolute Gasteiger partial charge is 0.224 e. The zero-order chi connectivity index (χ0) is 11.3. The molecule has 0 aromatic rings. The summed E-state index contributed by atoms with van der Waals surface area (Å²) in [6, 6.07) is -0.112. The molecular formula is C11H22N2O2. The van der Waals surface area contributed by atoms with Gasteiger partial charge in [0.15, 0.2) is 0 Å². The summed E-state index contributed by atoms with van der Waals surface area (Å²) in [5, 5.41) is 15.2. The lowest BCUT2D eigenvalue weighted by molar-refractivity contribution is -0.126. The minimum Gasteiger partial charge on any atom is -0.394 e. The number of aliphatic hydroxyl groups excluding tert-OH is 1. The van der Waals surface area contributed by atoms with Gasteiger partial charge in [0.1, 0.15) is 0 Å². The topological polar surface area (TPSA) is 61.4 Å². The van der Waals surface area contributed by atoms with Crippen molar-refractivity contribution < 1.29 is 9.90 Å². The second-order valence-corrected chi connectivity index (χ2v) is 4.58. The van der Waals surface area contributed by atoms with E-state index in [0.29, 0.717) is 0 Å². The Morgan fingerprint density at radius 1 is 1.60 bits per heavy atom. The third-order valence-electron chi connectivity index (χ3n) is 3.00. The van der Waals surface area contributed by atoms with Gasteiger partial charge in [-0.2, -0.15) is 0 Å². The molecule has 0 radical (unpaired) electrons. The van der Waals surface area contributed by atoms with Crippen molar-refractivity contribution in [3.05, 3.63) is 0 Å². The van der Waals surface area contributed by atoms with Gasteiger partial charge in [-0.3, -0.25) is 4.79 Å². The minimum absolute atomic E-state index is 0.0174. The minimum atomic E-state index is -0.112. The molecule has 3 N–H and O–H groups in total. The van der Waals surface area contributed by atoms with Crippen molar-refractivity contribution in [2.75, 3.05) is 19.7 Å². The maximum atomic E-state index is 11.8. The van der Waals surface area contributed by atoms with Crippen LogP contribution in [-0.2, 0) is 4.79 Å². The van der Waals surface area contributed by atoms with E-state index >= 15 is 0 Å². The molecule has 0 unspecified atom stereocenters. The SMILES string of the molecule is CC(C)[C@@H](CO)NC(=O)[C@H]1CCCNC1. The molecule has 1 amide bonds. The molecule has 1 aliphatic rings. The van der Waals surface area contributed by atoms with E-state index in [-0.39, 0.29) is 30.4 Å². The van der Waals surface area contributed by atoms with Crippen LogP contribution in [0.3, 0.4) is 0 Å². The van der Waals surface area contributed by atoms with Crippen LogP contribution in [0.4, 0.5) is 0 Å². The summed E-state index contributed by atoms with van der Waals surface area (Å²) in [5.74, 6) is 0.428. The highest BCUT2D eigenvalue weighted by Crippen LogP contribution is 2.11. The van der Waals surface area contributed by atoms with Crippen molar-refractivity contribution in [3.63, 3.8) is 0 Å². The third kappa shape index (κ3) is 3.80. The summed E-state index contributed by atoms with van der Waals surface area (Å²) in [4.78, 5) is 11.8. The van der Waals surface area contributed by atoms with E-state index < -0.39 is 0 Å². The van der Waals surface area contributed by atoms with E-state index in [0.717, 1.165) is 25.9 Å². The van der Waals surface area contributed by atoms with Gasteiger partial charge < -0.3 is 15.7 Å². The van der Waals surface area contributed by atoms with Crippen LogP contribution in [0.25, 0.3) is 0 Å². The largest absolute Gasteiger partial charge is 0.394 e. The number of carbonyl (C=O) groups excluding carboxylic acids is 1. The molecule has 0 aliphatic carbocycles. The van der Waals surface area contributed by atoms with Gasteiger partial charge in [-0.1, -0.05) is 13.8 Å². The normalized spacial score (nSPS) is 23.9. The van der Waals surface area contributed by atoms with Crippen molar-refractivity contribution in [2.45, 2.75) is 32.7 Å². The molecule has 88 valence electrons. The highest BCUT2D eigenvalue weighted by atomic mass is 16.3. The lowest BCUT2D eigenvalue weighted by Crippen LogP contribution is -2.47. The zero-order valence-corrected chi connectivity index (χ0v) is 9.62. The predicted molar refractivity (Wildman–Crippen MR) is 59.4 cm³/mol. The molecule has 1 rings (SSSR count). The lowest BCUT2D eigenvalue weighted by Gasteiger charge is -2.26. The quantitative estimate of drug-likeness (QED) is 0.623. The number of rotatable bonds is 4. The van der Waals surface area contributed by atoms with E-state index in [2.05, 4.69) is 10.6 Å². The average molecular weight is 214 g/mol.